The number of anilines is 1. The Bertz CT molecular complexity index is 1290. The minimum atomic E-state index is -0.513. The van der Waals surface area contributed by atoms with E-state index < -0.39 is 11.8 Å². The number of ether oxygens (including phenoxy) is 2. The summed E-state index contributed by atoms with van der Waals surface area (Å²) in [5, 5.41) is 13.3. The highest BCUT2D eigenvalue weighted by Crippen LogP contribution is 2.26. The summed E-state index contributed by atoms with van der Waals surface area (Å²) in [7, 11) is 1.29. The first kappa shape index (κ1) is 23.5. The number of carbonyl (C=O) groups excluding carboxylic acids is 2. The zero-order valence-electron chi connectivity index (χ0n) is 17.9. The number of halogens is 1. The number of hydrogen-bond donors (Lipinski definition) is 1. The molecular weight excluding hydrogens is 479 g/mol. The van der Waals surface area contributed by atoms with Gasteiger partial charge in [-0.25, -0.2) is 9.18 Å². The lowest BCUT2D eigenvalue weighted by molar-refractivity contribution is -0.113. The van der Waals surface area contributed by atoms with Crippen LogP contribution in [-0.2, 0) is 16.1 Å². The first-order chi connectivity index (χ1) is 16.6. The van der Waals surface area contributed by atoms with E-state index in [9.17, 15) is 14.0 Å². The van der Waals surface area contributed by atoms with Crippen molar-refractivity contribution in [2.75, 3.05) is 18.2 Å². The molecule has 0 atom stereocenters. The van der Waals surface area contributed by atoms with Crippen LogP contribution in [0.1, 0.15) is 15.5 Å². The van der Waals surface area contributed by atoms with E-state index in [0.717, 1.165) is 5.69 Å². The van der Waals surface area contributed by atoms with Crippen molar-refractivity contribution < 1.29 is 23.5 Å². The standard InChI is InChI=1S/C23H19FN4O4S2/c1-31-22(30)21-17(11-12-33-21)25-20(29)14-34-23-27-26-19(28(23)15-7-3-2-4-8-15)13-32-18-10-6-5-9-16(18)24/h2-12H,13-14H2,1H3,(H,25,29). The number of methoxy groups -OCH3 is 1. The van der Waals surface area contributed by atoms with Crippen molar-refractivity contribution in [1.29, 1.82) is 0 Å². The van der Waals surface area contributed by atoms with Gasteiger partial charge in [0.05, 0.1) is 18.6 Å². The van der Waals surface area contributed by atoms with Crippen LogP contribution in [0.4, 0.5) is 10.1 Å². The summed E-state index contributed by atoms with van der Waals surface area (Å²) in [4.78, 5) is 24.7. The highest BCUT2D eigenvalue weighted by Gasteiger charge is 2.19. The molecule has 11 heteroatoms. The summed E-state index contributed by atoms with van der Waals surface area (Å²) in [6, 6.07) is 17.1. The predicted molar refractivity (Wildman–Crippen MR) is 127 cm³/mol. The molecule has 34 heavy (non-hydrogen) atoms. The maximum Gasteiger partial charge on any atom is 0.350 e. The van der Waals surface area contributed by atoms with Crippen molar-refractivity contribution in [3.8, 4) is 11.4 Å². The molecule has 0 aliphatic heterocycles. The van der Waals surface area contributed by atoms with E-state index >= 15 is 0 Å². The topological polar surface area (TPSA) is 95.3 Å². The van der Waals surface area contributed by atoms with E-state index in [2.05, 4.69) is 15.5 Å². The van der Waals surface area contributed by atoms with Gasteiger partial charge in [-0.1, -0.05) is 42.1 Å². The highest BCUT2D eigenvalue weighted by atomic mass is 32.2. The summed E-state index contributed by atoms with van der Waals surface area (Å²) in [6.45, 7) is -0.0209. The number of nitrogens with one attached hydrogen (secondary N) is 1. The van der Waals surface area contributed by atoms with Crippen LogP contribution in [0.15, 0.2) is 71.2 Å². The van der Waals surface area contributed by atoms with Gasteiger partial charge in [-0.3, -0.25) is 9.36 Å². The predicted octanol–water partition coefficient (Wildman–Crippen LogP) is 4.56. The minimum Gasteiger partial charge on any atom is -0.483 e. The van der Waals surface area contributed by atoms with Crippen molar-refractivity contribution in [3.05, 3.63) is 82.6 Å². The second-order valence-electron chi connectivity index (χ2n) is 6.78. The quantitative estimate of drug-likeness (QED) is 0.267. The number of hydrogen-bond acceptors (Lipinski definition) is 8. The lowest BCUT2D eigenvalue weighted by atomic mass is 10.3. The number of amides is 1. The lowest BCUT2D eigenvalue weighted by Gasteiger charge is -2.11. The van der Waals surface area contributed by atoms with E-state index in [0.29, 0.717) is 21.5 Å². The van der Waals surface area contributed by atoms with Gasteiger partial charge < -0.3 is 14.8 Å². The normalized spacial score (nSPS) is 10.6. The summed E-state index contributed by atoms with van der Waals surface area (Å²) in [6.07, 6.45) is 0. The lowest BCUT2D eigenvalue weighted by Crippen LogP contribution is -2.16. The molecule has 8 nitrogen and oxygen atoms in total. The van der Waals surface area contributed by atoms with Crippen LogP contribution in [0.2, 0.25) is 0 Å². The van der Waals surface area contributed by atoms with Crippen LogP contribution in [0, 0.1) is 5.82 Å². The van der Waals surface area contributed by atoms with Crippen molar-refractivity contribution in [3.63, 3.8) is 0 Å². The highest BCUT2D eigenvalue weighted by molar-refractivity contribution is 7.99. The SMILES string of the molecule is COC(=O)c1sccc1NC(=O)CSc1nnc(COc2ccccc2F)n1-c1ccccc1. The molecule has 1 N–H and O–H groups in total. The third-order valence-corrected chi connectivity index (χ3v) is 6.37. The van der Waals surface area contributed by atoms with E-state index in [-0.39, 0.29) is 24.0 Å². The molecule has 0 saturated heterocycles. The molecule has 0 aliphatic rings. The smallest absolute Gasteiger partial charge is 0.350 e. The molecule has 4 aromatic rings. The van der Waals surface area contributed by atoms with E-state index in [1.54, 1.807) is 28.1 Å². The minimum absolute atomic E-state index is 0.0209. The Balaban J connectivity index is 1.49. The molecule has 0 unspecified atom stereocenters. The number of benzene rings is 2. The zero-order chi connectivity index (χ0) is 23.9. The van der Waals surface area contributed by atoms with Crippen molar-refractivity contribution in [1.82, 2.24) is 14.8 Å². The van der Waals surface area contributed by atoms with E-state index in [4.69, 9.17) is 9.47 Å². The number of para-hydroxylation sites is 2. The first-order valence-electron chi connectivity index (χ1n) is 10.0. The van der Waals surface area contributed by atoms with Gasteiger partial charge in [-0.2, -0.15) is 0 Å². The maximum atomic E-state index is 13.9. The van der Waals surface area contributed by atoms with Crippen LogP contribution in [-0.4, -0.2) is 39.5 Å². The molecule has 0 fully saturated rings. The first-order valence-corrected chi connectivity index (χ1v) is 11.9. The van der Waals surface area contributed by atoms with Gasteiger partial charge in [0, 0.05) is 5.69 Å². The van der Waals surface area contributed by atoms with Gasteiger partial charge in [-0.05, 0) is 35.7 Å². The molecule has 2 heterocycles. The summed E-state index contributed by atoms with van der Waals surface area (Å²) < 4.78 is 26.0. The number of rotatable bonds is 9. The molecule has 0 bridgehead atoms. The van der Waals surface area contributed by atoms with Crippen LogP contribution in [0.25, 0.3) is 5.69 Å². The molecule has 0 spiro atoms. The third-order valence-electron chi connectivity index (χ3n) is 4.55. The Morgan fingerprint density at radius 2 is 1.85 bits per heavy atom. The molecule has 174 valence electrons. The fourth-order valence-electron chi connectivity index (χ4n) is 3.00. The fraction of sp³-hybridized carbons (Fsp3) is 0.130. The molecule has 1 amide bonds. The van der Waals surface area contributed by atoms with E-state index in [1.807, 2.05) is 30.3 Å². The van der Waals surface area contributed by atoms with Gasteiger partial charge in [0.25, 0.3) is 0 Å². The van der Waals surface area contributed by atoms with Crippen LogP contribution in [0.5, 0.6) is 5.75 Å². The maximum absolute atomic E-state index is 13.9. The monoisotopic (exact) mass is 498 g/mol. The Kier molecular flexibility index (Phi) is 7.55. The second kappa shape index (κ2) is 10.9. The largest absolute Gasteiger partial charge is 0.483 e. The van der Waals surface area contributed by atoms with Gasteiger partial charge in [0.15, 0.2) is 22.5 Å². The molecule has 2 aromatic carbocycles. The molecular formula is C23H19FN4O4S2. The van der Waals surface area contributed by atoms with Crippen molar-refractivity contribution in [2.24, 2.45) is 0 Å². The van der Waals surface area contributed by atoms with Crippen LogP contribution in [0.3, 0.4) is 0 Å². The zero-order valence-corrected chi connectivity index (χ0v) is 19.6. The number of aromatic nitrogens is 3. The average Bonchev–Trinajstić information content (AvgIpc) is 3.49. The molecule has 0 saturated carbocycles. The summed E-state index contributed by atoms with van der Waals surface area (Å²) >= 11 is 2.36. The number of thioether (sulfide) groups is 1. The second-order valence-corrected chi connectivity index (χ2v) is 8.64. The van der Waals surface area contributed by atoms with Gasteiger partial charge >= 0.3 is 5.97 Å². The third kappa shape index (κ3) is 5.43. The Labute approximate surface area is 202 Å². The molecule has 0 aliphatic carbocycles. The summed E-state index contributed by atoms with van der Waals surface area (Å²) in [5.74, 6) is -0.727. The Morgan fingerprint density at radius 1 is 1.09 bits per heavy atom. The van der Waals surface area contributed by atoms with E-state index in [1.165, 1.54) is 42.3 Å². The van der Waals surface area contributed by atoms with Crippen molar-refractivity contribution in [2.45, 2.75) is 11.8 Å². The van der Waals surface area contributed by atoms with Crippen LogP contribution >= 0.6 is 23.1 Å². The van der Waals surface area contributed by atoms with Gasteiger partial charge in [0.1, 0.15) is 11.5 Å². The Hall–Kier alpha value is -3.70. The number of thiophene rings is 1. The fourth-order valence-corrected chi connectivity index (χ4v) is 4.54. The average molecular weight is 499 g/mol. The molecule has 0 radical (unpaired) electrons. The molecule has 2 aromatic heterocycles. The van der Waals surface area contributed by atoms with Gasteiger partial charge in [-0.15, -0.1) is 21.5 Å². The van der Waals surface area contributed by atoms with Crippen molar-refractivity contribution >= 4 is 40.7 Å². The number of carbonyl (C=O) groups is 2. The van der Waals surface area contributed by atoms with Gasteiger partial charge in [0.2, 0.25) is 5.91 Å². The molecule has 4 rings (SSSR count). The summed E-state index contributed by atoms with van der Waals surface area (Å²) in [5.41, 5.74) is 1.17. The number of nitrogens with zero attached hydrogens (tertiary/aromatic N) is 3. The number of esters is 1. The van der Waals surface area contributed by atoms with Crippen LogP contribution < -0.4 is 10.1 Å². The Morgan fingerprint density at radius 3 is 2.62 bits per heavy atom.